The standard InChI is InChI=1S/C11H20N2O2/c1-3-6-13-7-4-5-10(8-13)12(2)9-11(14)15/h3,10H,1,4-9H2,2H3,(H,14,15). The van der Waals surface area contributed by atoms with Crippen molar-refractivity contribution in [3.63, 3.8) is 0 Å². The molecular formula is C11H20N2O2. The summed E-state index contributed by atoms with van der Waals surface area (Å²) in [6, 6.07) is 0.370. The van der Waals surface area contributed by atoms with Crippen molar-refractivity contribution < 1.29 is 9.90 Å². The fraction of sp³-hybridized carbons (Fsp3) is 0.727. The molecule has 0 spiro atoms. The number of piperidine rings is 1. The minimum atomic E-state index is -0.752. The second-order valence-corrected chi connectivity index (χ2v) is 4.15. The Hall–Kier alpha value is -0.870. The Kier molecular flexibility index (Phi) is 4.78. The van der Waals surface area contributed by atoms with Gasteiger partial charge in [0.05, 0.1) is 6.54 Å². The Labute approximate surface area is 91.2 Å². The zero-order chi connectivity index (χ0) is 11.3. The maximum atomic E-state index is 10.6. The molecule has 4 nitrogen and oxygen atoms in total. The first-order valence-corrected chi connectivity index (χ1v) is 5.38. The van der Waals surface area contributed by atoms with E-state index in [1.165, 1.54) is 0 Å². The fourth-order valence-corrected chi connectivity index (χ4v) is 2.08. The zero-order valence-electron chi connectivity index (χ0n) is 9.35. The third-order valence-electron chi connectivity index (χ3n) is 2.88. The average Bonchev–Trinajstić information content (AvgIpc) is 2.17. The summed E-state index contributed by atoms with van der Waals surface area (Å²) in [4.78, 5) is 14.8. The fourth-order valence-electron chi connectivity index (χ4n) is 2.08. The molecule has 1 atom stereocenters. The van der Waals surface area contributed by atoms with Gasteiger partial charge in [-0.1, -0.05) is 6.08 Å². The second kappa shape index (κ2) is 5.88. The molecule has 0 saturated carbocycles. The van der Waals surface area contributed by atoms with Gasteiger partial charge < -0.3 is 5.11 Å². The van der Waals surface area contributed by atoms with Crippen LogP contribution in [0.15, 0.2) is 12.7 Å². The highest BCUT2D eigenvalue weighted by atomic mass is 16.4. The molecule has 4 heteroatoms. The van der Waals surface area contributed by atoms with Gasteiger partial charge in [0.15, 0.2) is 0 Å². The van der Waals surface area contributed by atoms with Crippen molar-refractivity contribution in [1.82, 2.24) is 9.80 Å². The minimum Gasteiger partial charge on any atom is -0.480 e. The van der Waals surface area contributed by atoms with Gasteiger partial charge >= 0.3 is 5.97 Å². The highest BCUT2D eigenvalue weighted by molar-refractivity contribution is 5.69. The number of hydrogen-bond donors (Lipinski definition) is 1. The Morgan fingerprint density at radius 3 is 3.07 bits per heavy atom. The molecule has 1 heterocycles. The molecule has 1 N–H and O–H groups in total. The van der Waals surface area contributed by atoms with Gasteiger partial charge in [-0.2, -0.15) is 0 Å². The normalized spacial score (nSPS) is 22.9. The number of rotatable bonds is 5. The van der Waals surface area contributed by atoms with Crippen molar-refractivity contribution in [3.05, 3.63) is 12.7 Å². The average molecular weight is 212 g/mol. The largest absolute Gasteiger partial charge is 0.480 e. The summed E-state index contributed by atoms with van der Waals surface area (Å²) < 4.78 is 0. The van der Waals surface area contributed by atoms with Crippen LogP contribution in [-0.4, -0.2) is 60.1 Å². The van der Waals surface area contributed by atoms with E-state index in [9.17, 15) is 4.79 Å². The van der Waals surface area contributed by atoms with Gasteiger partial charge in [0.1, 0.15) is 0 Å². The van der Waals surface area contributed by atoms with E-state index >= 15 is 0 Å². The van der Waals surface area contributed by atoms with Gasteiger partial charge in [0, 0.05) is 19.1 Å². The number of nitrogens with zero attached hydrogens (tertiary/aromatic N) is 2. The molecule has 1 saturated heterocycles. The van der Waals surface area contributed by atoms with Crippen molar-refractivity contribution in [2.45, 2.75) is 18.9 Å². The van der Waals surface area contributed by atoms with Crippen LogP contribution in [0.1, 0.15) is 12.8 Å². The molecule has 0 radical (unpaired) electrons. The van der Waals surface area contributed by atoms with Crippen LogP contribution in [0.5, 0.6) is 0 Å². The van der Waals surface area contributed by atoms with Gasteiger partial charge in [0.25, 0.3) is 0 Å². The molecule has 0 amide bonds. The van der Waals surface area contributed by atoms with E-state index in [0.717, 1.165) is 32.5 Å². The Bertz CT molecular complexity index is 231. The van der Waals surface area contributed by atoms with Crippen LogP contribution in [0.4, 0.5) is 0 Å². The van der Waals surface area contributed by atoms with Crippen LogP contribution in [0.25, 0.3) is 0 Å². The van der Waals surface area contributed by atoms with Crippen molar-refractivity contribution in [2.75, 3.05) is 33.2 Å². The Morgan fingerprint density at radius 1 is 1.73 bits per heavy atom. The SMILES string of the molecule is C=CCN1CCCC(N(C)CC(=O)O)C1. The number of carboxylic acid groups (broad SMARTS) is 1. The van der Waals surface area contributed by atoms with E-state index in [0.29, 0.717) is 6.04 Å². The predicted molar refractivity (Wildman–Crippen MR) is 59.9 cm³/mol. The number of likely N-dealkylation sites (N-methyl/N-ethyl adjacent to an activating group) is 1. The van der Waals surface area contributed by atoms with E-state index in [1.54, 1.807) is 0 Å². The van der Waals surface area contributed by atoms with Gasteiger partial charge in [0.2, 0.25) is 0 Å². The summed E-state index contributed by atoms with van der Waals surface area (Å²) in [5.41, 5.74) is 0. The highest BCUT2D eigenvalue weighted by Gasteiger charge is 2.23. The molecule has 15 heavy (non-hydrogen) atoms. The van der Waals surface area contributed by atoms with Gasteiger partial charge in [-0.15, -0.1) is 6.58 Å². The molecule has 1 rings (SSSR count). The van der Waals surface area contributed by atoms with Crippen LogP contribution in [0.3, 0.4) is 0 Å². The smallest absolute Gasteiger partial charge is 0.317 e. The van der Waals surface area contributed by atoms with Crippen LogP contribution in [0, 0.1) is 0 Å². The van der Waals surface area contributed by atoms with E-state index in [1.807, 2.05) is 18.0 Å². The molecule has 0 aromatic rings. The van der Waals surface area contributed by atoms with Crippen LogP contribution in [-0.2, 0) is 4.79 Å². The highest BCUT2D eigenvalue weighted by Crippen LogP contribution is 2.14. The number of likely N-dealkylation sites (tertiary alicyclic amines) is 1. The summed E-state index contributed by atoms with van der Waals surface area (Å²) in [7, 11) is 1.89. The molecule has 1 aliphatic heterocycles. The van der Waals surface area contributed by atoms with Crippen molar-refractivity contribution in [3.8, 4) is 0 Å². The lowest BCUT2D eigenvalue weighted by molar-refractivity contribution is -0.138. The Balaban J connectivity index is 2.40. The number of carboxylic acids is 1. The molecule has 0 aromatic heterocycles. The molecule has 86 valence electrons. The molecular weight excluding hydrogens is 192 g/mol. The Morgan fingerprint density at radius 2 is 2.47 bits per heavy atom. The quantitative estimate of drug-likeness (QED) is 0.680. The summed E-state index contributed by atoms with van der Waals surface area (Å²) in [6.07, 6.45) is 4.14. The van der Waals surface area contributed by atoms with Gasteiger partial charge in [-0.05, 0) is 26.4 Å². The summed E-state index contributed by atoms with van der Waals surface area (Å²) in [5, 5.41) is 8.71. The van der Waals surface area contributed by atoms with E-state index in [2.05, 4.69) is 11.5 Å². The third kappa shape index (κ3) is 4.01. The van der Waals surface area contributed by atoms with E-state index in [-0.39, 0.29) is 6.54 Å². The van der Waals surface area contributed by atoms with Crippen molar-refractivity contribution >= 4 is 5.97 Å². The van der Waals surface area contributed by atoms with Crippen LogP contribution >= 0.6 is 0 Å². The first kappa shape index (κ1) is 12.2. The number of hydrogen-bond acceptors (Lipinski definition) is 3. The summed E-state index contributed by atoms with van der Waals surface area (Å²) >= 11 is 0. The van der Waals surface area contributed by atoms with Crippen LogP contribution < -0.4 is 0 Å². The lowest BCUT2D eigenvalue weighted by Gasteiger charge is -2.36. The van der Waals surface area contributed by atoms with E-state index < -0.39 is 5.97 Å². The first-order valence-electron chi connectivity index (χ1n) is 5.38. The molecule has 1 fully saturated rings. The zero-order valence-corrected chi connectivity index (χ0v) is 9.35. The molecule has 0 aliphatic carbocycles. The first-order chi connectivity index (χ1) is 7.13. The van der Waals surface area contributed by atoms with Gasteiger partial charge in [-0.3, -0.25) is 14.6 Å². The summed E-state index contributed by atoms with van der Waals surface area (Å²) in [5.74, 6) is -0.752. The number of carbonyl (C=O) groups is 1. The van der Waals surface area contributed by atoms with Crippen molar-refractivity contribution in [2.24, 2.45) is 0 Å². The monoisotopic (exact) mass is 212 g/mol. The minimum absolute atomic E-state index is 0.132. The molecule has 0 aromatic carbocycles. The second-order valence-electron chi connectivity index (χ2n) is 4.15. The van der Waals surface area contributed by atoms with Crippen LogP contribution in [0.2, 0.25) is 0 Å². The maximum Gasteiger partial charge on any atom is 0.317 e. The molecule has 1 aliphatic rings. The lowest BCUT2D eigenvalue weighted by atomic mass is 10.0. The summed E-state index contributed by atoms with van der Waals surface area (Å²) in [6.45, 7) is 6.81. The lowest BCUT2D eigenvalue weighted by Crippen LogP contribution is -2.47. The third-order valence-corrected chi connectivity index (χ3v) is 2.88. The van der Waals surface area contributed by atoms with Crippen molar-refractivity contribution in [1.29, 1.82) is 0 Å². The van der Waals surface area contributed by atoms with Gasteiger partial charge in [-0.25, -0.2) is 0 Å². The topological polar surface area (TPSA) is 43.8 Å². The number of aliphatic carboxylic acids is 1. The molecule has 1 unspecified atom stereocenters. The maximum absolute atomic E-state index is 10.6. The predicted octanol–water partition coefficient (Wildman–Crippen LogP) is 0.653. The molecule has 0 bridgehead atoms. The van der Waals surface area contributed by atoms with E-state index in [4.69, 9.17) is 5.11 Å².